The van der Waals surface area contributed by atoms with E-state index < -0.39 is 12.1 Å². The summed E-state index contributed by atoms with van der Waals surface area (Å²) in [5.74, 6) is 0.567. The largest absolute Gasteiger partial charge is 0.492 e. The van der Waals surface area contributed by atoms with Crippen LogP contribution in [0.2, 0.25) is 0 Å². The highest BCUT2D eigenvalue weighted by molar-refractivity contribution is 5.97. The van der Waals surface area contributed by atoms with Crippen LogP contribution in [-0.4, -0.2) is 56.2 Å². The molecule has 0 spiro atoms. The second-order valence-corrected chi connectivity index (χ2v) is 7.09. The number of nitrogens with zero attached hydrogens (tertiary/aromatic N) is 2. The molecule has 3 amide bonds. The van der Waals surface area contributed by atoms with Gasteiger partial charge >= 0.3 is 6.03 Å². The van der Waals surface area contributed by atoms with E-state index in [4.69, 9.17) is 4.74 Å². The molecule has 1 aliphatic rings. The lowest BCUT2D eigenvalue weighted by Gasteiger charge is -2.40. The molecule has 0 aliphatic carbocycles. The number of nitrogens with one attached hydrogen (secondary N) is 2. The topological polar surface area (TPSA) is 73.9 Å². The van der Waals surface area contributed by atoms with Crippen LogP contribution in [0.25, 0.3) is 0 Å². The maximum absolute atomic E-state index is 13.0. The predicted octanol–water partition coefficient (Wildman–Crippen LogP) is 2.79. The zero-order chi connectivity index (χ0) is 21.3. The lowest BCUT2D eigenvalue weighted by molar-refractivity contribution is -0.125. The first-order chi connectivity index (χ1) is 14.6. The van der Waals surface area contributed by atoms with Crippen molar-refractivity contribution in [1.29, 1.82) is 0 Å². The molecule has 1 atom stereocenters. The Balaban J connectivity index is 1.74. The number of anilines is 1. The summed E-state index contributed by atoms with van der Waals surface area (Å²) in [6.45, 7) is 7.81. The Kier molecular flexibility index (Phi) is 7.68. The number of urea groups is 1. The van der Waals surface area contributed by atoms with E-state index in [1.807, 2.05) is 62.4 Å². The van der Waals surface area contributed by atoms with Gasteiger partial charge in [-0.2, -0.15) is 0 Å². The Morgan fingerprint density at radius 3 is 2.30 bits per heavy atom. The van der Waals surface area contributed by atoms with Gasteiger partial charge in [0, 0.05) is 32.7 Å². The number of amides is 3. The van der Waals surface area contributed by atoms with Crippen molar-refractivity contribution >= 4 is 17.6 Å². The maximum atomic E-state index is 13.0. The third-order valence-corrected chi connectivity index (χ3v) is 5.12. The van der Waals surface area contributed by atoms with Crippen LogP contribution >= 0.6 is 0 Å². The fourth-order valence-corrected chi connectivity index (χ4v) is 3.77. The minimum atomic E-state index is -0.516. The van der Waals surface area contributed by atoms with E-state index >= 15 is 0 Å². The molecule has 1 saturated heterocycles. The molecule has 2 aromatic rings. The first kappa shape index (κ1) is 21.6. The summed E-state index contributed by atoms with van der Waals surface area (Å²) in [4.78, 5) is 29.3. The number of hydrogen-bond donors (Lipinski definition) is 2. The highest BCUT2D eigenvalue weighted by Gasteiger charge is 2.31. The van der Waals surface area contributed by atoms with Crippen LogP contribution in [-0.2, 0) is 4.79 Å². The van der Waals surface area contributed by atoms with E-state index in [-0.39, 0.29) is 5.91 Å². The average Bonchev–Trinajstić information content (AvgIpc) is 2.76. The van der Waals surface area contributed by atoms with E-state index in [1.165, 1.54) is 0 Å². The molecule has 0 unspecified atom stereocenters. The Bertz CT molecular complexity index is 835. The smallest absolute Gasteiger partial charge is 0.321 e. The molecule has 1 heterocycles. The summed E-state index contributed by atoms with van der Waals surface area (Å²) in [5, 5.41) is 5.10. The van der Waals surface area contributed by atoms with Gasteiger partial charge in [-0.1, -0.05) is 42.5 Å². The van der Waals surface area contributed by atoms with E-state index in [1.54, 1.807) is 0 Å². The highest BCUT2D eigenvalue weighted by atomic mass is 16.5. The number of para-hydroxylation sites is 2. The second kappa shape index (κ2) is 10.6. The van der Waals surface area contributed by atoms with Crippen molar-refractivity contribution in [2.75, 3.05) is 44.2 Å². The predicted molar refractivity (Wildman–Crippen MR) is 118 cm³/mol. The molecule has 0 bridgehead atoms. The van der Waals surface area contributed by atoms with Crippen LogP contribution in [0.3, 0.4) is 0 Å². The molecule has 2 N–H and O–H groups in total. The minimum absolute atomic E-state index is 0.310. The number of carbonyl (C=O) groups is 2. The van der Waals surface area contributed by atoms with E-state index in [0.29, 0.717) is 26.2 Å². The van der Waals surface area contributed by atoms with Gasteiger partial charge in [0.05, 0.1) is 12.3 Å². The van der Waals surface area contributed by atoms with Crippen LogP contribution in [0.5, 0.6) is 5.75 Å². The van der Waals surface area contributed by atoms with Gasteiger partial charge in [-0.15, -0.1) is 0 Å². The van der Waals surface area contributed by atoms with Crippen molar-refractivity contribution in [1.82, 2.24) is 15.5 Å². The van der Waals surface area contributed by atoms with Gasteiger partial charge < -0.3 is 15.0 Å². The summed E-state index contributed by atoms with van der Waals surface area (Å²) in [6.07, 6.45) is 0. The van der Waals surface area contributed by atoms with Crippen LogP contribution in [0.15, 0.2) is 54.6 Å². The van der Waals surface area contributed by atoms with Gasteiger partial charge in [0.1, 0.15) is 11.8 Å². The fourth-order valence-electron chi connectivity index (χ4n) is 3.77. The lowest BCUT2D eigenvalue weighted by atomic mass is 10.0. The summed E-state index contributed by atoms with van der Waals surface area (Å²) >= 11 is 0. The molecule has 0 radical (unpaired) electrons. The molecule has 0 aromatic heterocycles. The Morgan fingerprint density at radius 1 is 0.967 bits per heavy atom. The number of carbonyl (C=O) groups excluding carboxylic acids is 2. The van der Waals surface area contributed by atoms with Gasteiger partial charge in [0.25, 0.3) is 0 Å². The third kappa shape index (κ3) is 5.30. The number of imide groups is 1. The highest BCUT2D eigenvalue weighted by Crippen LogP contribution is 2.30. The van der Waals surface area contributed by atoms with E-state index in [0.717, 1.165) is 30.1 Å². The zero-order valence-corrected chi connectivity index (χ0v) is 17.6. The summed E-state index contributed by atoms with van der Waals surface area (Å²) in [6, 6.07) is 16.7. The van der Waals surface area contributed by atoms with Crippen molar-refractivity contribution in [2.24, 2.45) is 0 Å². The van der Waals surface area contributed by atoms with Gasteiger partial charge in [-0.25, -0.2) is 4.79 Å². The summed E-state index contributed by atoms with van der Waals surface area (Å²) in [7, 11) is 0. The molecule has 1 aliphatic heterocycles. The molecule has 1 fully saturated rings. The number of piperazine rings is 1. The van der Waals surface area contributed by atoms with E-state index in [9.17, 15) is 9.59 Å². The standard InChI is InChI=1S/C23H30N4O3/c1-3-24-23(29)25-22(28)21(18-10-6-5-7-11-18)27-16-14-26(15-17-27)19-12-8-9-13-20(19)30-4-2/h5-13,21H,3-4,14-17H2,1-2H3,(H2,24,25,28,29)/t21-/m0/s1. The monoisotopic (exact) mass is 410 g/mol. The number of hydrogen-bond acceptors (Lipinski definition) is 5. The van der Waals surface area contributed by atoms with Gasteiger partial charge in [-0.05, 0) is 31.5 Å². The first-order valence-corrected chi connectivity index (χ1v) is 10.5. The van der Waals surface area contributed by atoms with Crippen molar-refractivity contribution in [2.45, 2.75) is 19.9 Å². The second-order valence-electron chi connectivity index (χ2n) is 7.09. The fraction of sp³-hybridized carbons (Fsp3) is 0.391. The Hall–Kier alpha value is -3.06. The van der Waals surface area contributed by atoms with Crippen LogP contribution in [0.1, 0.15) is 25.5 Å². The molecule has 7 nitrogen and oxygen atoms in total. The van der Waals surface area contributed by atoms with Crippen LogP contribution in [0, 0.1) is 0 Å². The molecule has 0 saturated carbocycles. The van der Waals surface area contributed by atoms with Gasteiger partial charge in [0.15, 0.2) is 0 Å². The van der Waals surface area contributed by atoms with Gasteiger partial charge in [0.2, 0.25) is 5.91 Å². The minimum Gasteiger partial charge on any atom is -0.492 e. The molecular weight excluding hydrogens is 380 g/mol. The molecular formula is C23H30N4O3. The Morgan fingerprint density at radius 2 is 1.63 bits per heavy atom. The molecule has 7 heteroatoms. The molecule has 3 rings (SSSR count). The normalized spacial score (nSPS) is 15.3. The van der Waals surface area contributed by atoms with Gasteiger partial charge in [-0.3, -0.25) is 15.0 Å². The van der Waals surface area contributed by atoms with Crippen LogP contribution < -0.4 is 20.3 Å². The summed E-state index contributed by atoms with van der Waals surface area (Å²) < 4.78 is 5.77. The third-order valence-electron chi connectivity index (χ3n) is 5.12. The van der Waals surface area contributed by atoms with Crippen molar-refractivity contribution in [3.05, 3.63) is 60.2 Å². The molecule has 160 valence electrons. The molecule has 30 heavy (non-hydrogen) atoms. The maximum Gasteiger partial charge on any atom is 0.321 e. The number of rotatable bonds is 7. The van der Waals surface area contributed by atoms with Crippen molar-refractivity contribution in [3.8, 4) is 5.75 Å². The van der Waals surface area contributed by atoms with Crippen molar-refractivity contribution < 1.29 is 14.3 Å². The zero-order valence-electron chi connectivity index (χ0n) is 17.6. The average molecular weight is 411 g/mol. The first-order valence-electron chi connectivity index (χ1n) is 10.5. The van der Waals surface area contributed by atoms with Crippen LogP contribution in [0.4, 0.5) is 10.5 Å². The quantitative estimate of drug-likeness (QED) is 0.734. The summed E-state index contributed by atoms with van der Waals surface area (Å²) in [5.41, 5.74) is 1.95. The number of benzene rings is 2. The molecule has 2 aromatic carbocycles. The van der Waals surface area contributed by atoms with E-state index in [2.05, 4.69) is 26.5 Å². The lowest BCUT2D eigenvalue weighted by Crippen LogP contribution is -2.52. The number of ether oxygens (including phenoxy) is 1. The van der Waals surface area contributed by atoms with Crippen molar-refractivity contribution in [3.63, 3.8) is 0 Å². The SMILES string of the molecule is CCNC(=O)NC(=O)[C@H](c1ccccc1)N1CCN(c2ccccc2OCC)CC1. The Labute approximate surface area is 178 Å².